The summed E-state index contributed by atoms with van der Waals surface area (Å²) in [5, 5.41) is 60.3. The van der Waals surface area contributed by atoms with Crippen LogP contribution in [0, 0.1) is 0 Å². The molecule has 0 spiro atoms. The number of hydrogen-bond acceptors (Lipinski definition) is 16. The van der Waals surface area contributed by atoms with Crippen LogP contribution in [0.2, 0.25) is 0 Å². The molecule has 0 saturated carbocycles. The number of carboxylic acids is 4. The Morgan fingerprint density at radius 2 is 0.673 bits per heavy atom. The summed E-state index contributed by atoms with van der Waals surface area (Å²) in [6.45, 7) is -4.83. The second-order valence-corrected chi connectivity index (χ2v) is 17.9. The van der Waals surface area contributed by atoms with Gasteiger partial charge in [-0.25, -0.2) is 46.8 Å². The van der Waals surface area contributed by atoms with Crippen LogP contribution in [0.4, 0.5) is 0 Å². The summed E-state index contributed by atoms with van der Waals surface area (Å²) >= 11 is 0. The fraction of sp³-hybridized carbons (Fsp3) is 0.818. The van der Waals surface area contributed by atoms with Crippen molar-refractivity contribution in [3.05, 3.63) is 0 Å². The number of primary sulfonamides is 2. The molecule has 0 amide bonds. The highest BCUT2D eigenvalue weighted by molar-refractivity contribution is 7.89. The quantitative estimate of drug-likeness (QED) is 0.0544. The van der Waals surface area contributed by atoms with Crippen molar-refractivity contribution in [2.45, 2.75) is 37.0 Å². The van der Waals surface area contributed by atoms with Gasteiger partial charge in [-0.15, -0.1) is 0 Å². The van der Waals surface area contributed by atoms with Gasteiger partial charge in [-0.1, -0.05) is 0 Å². The summed E-state index contributed by atoms with van der Waals surface area (Å²) in [7, 11) is -17.3. The van der Waals surface area contributed by atoms with Gasteiger partial charge in [0.15, 0.2) is 0 Å². The van der Waals surface area contributed by atoms with Gasteiger partial charge < -0.3 is 20.4 Å². The van der Waals surface area contributed by atoms with Crippen molar-refractivity contribution in [2.75, 3.05) is 77.0 Å². The lowest BCUT2D eigenvalue weighted by atomic mass is 10.1. The fourth-order valence-corrected chi connectivity index (χ4v) is 7.22. The molecular weight excluding hydrogens is 789 g/mol. The van der Waals surface area contributed by atoms with E-state index >= 15 is 0 Å². The van der Waals surface area contributed by atoms with E-state index in [1.165, 1.54) is 9.80 Å². The topological polar surface area (TPSA) is 427 Å². The molecule has 1 fully saturated rings. The summed E-state index contributed by atoms with van der Waals surface area (Å²) in [4.78, 5) is 54.2. The molecule has 0 bridgehead atoms. The molecule has 0 aliphatic carbocycles. The number of carboxylic acid groups (broad SMARTS) is 4. The summed E-state index contributed by atoms with van der Waals surface area (Å²) in [5.74, 6) is -7.90. The molecule has 14 N–H and O–H groups in total. The molecular formula is C22H46N10O16S4. The number of carbonyl (C=O) groups is 4. The molecule has 0 radical (unpaired) electrons. The van der Waals surface area contributed by atoms with Crippen LogP contribution in [0.15, 0.2) is 0 Å². The molecule has 1 aliphatic heterocycles. The molecule has 304 valence electrons. The standard InChI is InChI=1S/C22H46N10O16S4/c23-49(41,42)11-1-15(19(33)34)29-3-4-30(16(20(35)36)2-12-50(24,43)44)6-8-32(18(22(39)40)14-28-52(26,47)48)10-9-31(7-5-29)17(21(37)38)13-27-51(25,45)46/h15-18,27-28H,1-14H2,(H,33,34)(H,35,36)(H,37,38)(H,39,40)(H2,23,41,42)(H2,24,43,44)(H2,25,45,46)(H2,26,47,48). The largest absolute Gasteiger partial charge is 0.480 e. The molecule has 0 aromatic carbocycles. The number of nitrogens with zero attached hydrogens (tertiary/aromatic N) is 4. The van der Waals surface area contributed by atoms with E-state index in [0.29, 0.717) is 0 Å². The average Bonchev–Trinajstić information content (AvgIpc) is 2.94. The number of aliphatic carboxylic acids is 4. The zero-order chi connectivity index (χ0) is 40.2. The van der Waals surface area contributed by atoms with Gasteiger partial charge in [-0.3, -0.25) is 38.8 Å². The van der Waals surface area contributed by atoms with Gasteiger partial charge >= 0.3 is 23.9 Å². The normalized spacial score (nSPS) is 19.8. The van der Waals surface area contributed by atoms with Gasteiger partial charge in [0, 0.05) is 65.4 Å². The van der Waals surface area contributed by atoms with Gasteiger partial charge in [0.05, 0.1) is 11.5 Å². The third-order valence-corrected chi connectivity index (χ3v) is 10.7. The molecule has 30 heteroatoms. The third kappa shape index (κ3) is 18.9. The maximum Gasteiger partial charge on any atom is 0.322 e. The van der Waals surface area contributed by atoms with E-state index in [1.807, 2.05) is 9.44 Å². The van der Waals surface area contributed by atoms with Gasteiger partial charge in [0.1, 0.15) is 24.2 Å². The first-order valence-corrected chi connectivity index (χ1v) is 21.6. The minimum atomic E-state index is -4.44. The first-order chi connectivity index (χ1) is 23.6. The van der Waals surface area contributed by atoms with Crippen LogP contribution < -0.4 is 30.0 Å². The Hall–Kier alpha value is -2.72. The molecule has 4 atom stereocenters. The highest BCUT2D eigenvalue weighted by Crippen LogP contribution is 2.15. The van der Waals surface area contributed by atoms with Crippen LogP contribution in [-0.4, -0.2) is 199 Å². The van der Waals surface area contributed by atoms with Crippen molar-refractivity contribution in [1.82, 2.24) is 29.0 Å². The predicted molar refractivity (Wildman–Crippen MR) is 179 cm³/mol. The lowest BCUT2D eigenvalue weighted by Gasteiger charge is -2.39. The van der Waals surface area contributed by atoms with E-state index in [2.05, 4.69) is 0 Å². The number of hydrogen-bond donors (Lipinski definition) is 10. The average molecular weight is 835 g/mol. The summed E-state index contributed by atoms with van der Waals surface area (Å²) in [5.41, 5.74) is 0. The maximum absolute atomic E-state index is 12.4. The fourth-order valence-electron chi connectivity index (χ4n) is 5.33. The zero-order valence-corrected chi connectivity index (χ0v) is 30.9. The Morgan fingerprint density at radius 1 is 0.462 bits per heavy atom. The molecule has 0 aromatic rings. The van der Waals surface area contributed by atoms with Crippen molar-refractivity contribution in [2.24, 2.45) is 20.6 Å². The third-order valence-electron chi connectivity index (χ3n) is 7.91. The smallest absolute Gasteiger partial charge is 0.322 e. The highest BCUT2D eigenvalue weighted by atomic mass is 32.2. The summed E-state index contributed by atoms with van der Waals surface area (Å²) in [6.07, 6.45) is -1.16. The highest BCUT2D eigenvalue weighted by Gasteiger charge is 2.35. The van der Waals surface area contributed by atoms with Crippen LogP contribution in [-0.2, 0) is 59.6 Å². The lowest BCUT2D eigenvalue weighted by molar-refractivity contribution is -0.147. The second kappa shape index (κ2) is 20.1. The van der Waals surface area contributed by atoms with Crippen LogP contribution in [0.25, 0.3) is 0 Å². The molecule has 1 rings (SSSR count). The summed E-state index contributed by atoms with van der Waals surface area (Å²) < 4.78 is 97.1. The van der Waals surface area contributed by atoms with Crippen LogP contribution in [0.3, 0.4) is 0 Å². The van der Waals surface area contributed by atoms with Gasteiger partial charge in [0.2, 0.25) is 20.0 Å². The number of rotatable bonds is 20. The number of nitrogens with two attached hydrogens (primary N) is 4. The van der Waals surface area contributed by atoms with E-state index in [0.717, 1.165) is 9.80 Å². The van der Waals surface area contributed by atoms with E-state index in [4.69, 9.17) is 20.6 Å². The molecule has 1 heterocycles. The van der Waals surface area contributed by atoms with Crippen molar-refractivity contribution in [1.29, 1.82) is 0 Å². The van der Waals surface area contributed by atoms with Crippen LogP contribution in [0.5, 0.6) is 0 Å². The van der Waals surface area contributed by atoms with Crippen LogP contribution >= 0.6 is 0 Å². The van der Waals surface area contributed by atoms with Gasteiger partial charge in [0.25, 0.3) is 20.4 Å². The van der Waals surface area contributed by atoms with E-state index in [9.17, 15) is 73.3 Å². The second-order valence-electron chi connectivity index (χ2n) is 11.7. The minimum absolute atomic E-state index is 0.378. The van der Waals surface area contributed by atoms with Crippen molar-refractivity contribution < 1.29 is 73.3 Å². The number of sulfonamides is 2. The number of nitrogens with one attached hydrogen (secondary N) is 2. The Balaban J connectivity index is 3.84. The van der Waals surface area contributed by atoms with E-state index < -0.39 is 165 Å². The van der Waals surface area contributed by atoms with Crippen molar-refractivity contribution >= 4 is 64.3 Å². The lowest BCUT2D eigenvalue weighted by Crippen LogP contribution is -2.59. The first-order valence-electron chi connectivity index (χ1n) is 15.0. The zero-order valence-electron chi connectivity index (χ0n) is 27.6. The molecule has 1 aliphatic rings. The van der Waals surface area contributed by atoms with Gasteiger partial charge in [-0.2, -0.15) is 16.8 Å². The molecule has 1 saturated heterocycles. The molecule has 26 nitrogen and oxygen atoms in total. The monoisotopic (exact) mass is 834 g/mol. The predicted octanol–water partition coefficient (Wildman–Crippen LogP) is -8.04. The Kier molecular flexibility index (Phi) is 18.3. The van der Waals surface area contributed by atoms with Gasteiger partial charge in [-0.05, 0) is 12.8 Å². The van der Waals surface area contributed by atoms with Crippen molar-refractivity contribution in [3.8, 4) is 0 Å². The Labute approximate surface area is 300 Å². The molecule has 52 heavy (non-hydrogen) atoms. The SMILES string of the molecule is NS(=O)(=O)CCC(C(=O)O)N1CCN(C(CCS(N)(=O)=O)C(=O)O)CCN(C(CNS(N)(=O)=O)C(=O)O)CCN(C(CNS(N)(=O)=O)C(=O)O)CC1. The molecule has 4 unspecified atom stereocenters. The Morgan fingerprint density at radius 3 is 0.846 bits per heavy atom. The van der Waals surface area contributed by atoms with Crippen molar-refractivity contribution in [3.63, 3.8) is 0 Å². The Bertz CT molecular complexity index is 1430. The van der Waals surface area contributed by atoms with Crippen LogP contribution in [0.1, 0.15) is 12.8 Å². The van der Waals surface area contributed by atoms with E-state index in [1.54, 1.807) is 0 Å². The minimum Gasteiger partial charge on any atom is -0.480 e. The molecule has 0 aromatic heterocycles. The first kappa shape index (κ1) is 47.3. The van der Waals surface area contributed by atoms with E-state index in [-0.39, 0.29) is 13.1 Å². The summed E-state index contributed by atoms with van der Waals surface area (Å²) in [6, 6.07) is -6.65. The maximum atomic E-state index is 12.4.